The molecule has 0 spiro atoms. The van der Waals surface area contributed by atoms with Crippen molar-refractivity contribution >= 4 is 5.97 Å². The number of nitrogens with zero attached hydrogens (tertiary/aromatic N) is 1. The molecule has 3 aliphatic rings. The van der Waals surface area contributed by atoms with Crippen LogP contribution in [-0.4, -0.2) is 41.7 Å². The third kappa shape index (κ3) is 3.77. The lowest BCUT2D eigenvalue weighted by Crippen LogP contribution is -2.46. The lowest BCUT2D eigenvalue weighted by Gasteiger charge is -2.50. The van der Waals surface area contributed by atoms with E-state index < -0.39 is 6.10 Å². The van der Waals surface area contributed by atoms with Gasteiger partial charge in [-0.05, 0) is 63.0 Å². The minimum atomic E-state index is -0.581. The molecule has 4 rings (SSSR count). The van der Waals surface area contributed by atoms with Crippen LogP contribution in [0.15, 0.2) is 42.5 Å². The van der Waals surface area contributed by atoms with Gasteiger partial charge < -0.3 is 9.84 Å². The zero-order valence-electron chi connectivity index (χ0n) is 18.0. The Bertz CT molecular complexity index is 763. The molecule has 0 amide bonds. The van der Waals surface area contributed by atoms with Crippen LogP contribution in [0.3, 0.4) is 0 Å². The van der Waals surface area contributed by atoms with Crippen LogP contribution in [0, 0.1) is 23.2 Å². The first-order valence-corrected chi connectivity index (χ1v) is 11.1. The van der Waals surface area contributed by atoms with Gasteiger partial charge in [-0.25, -0.2) is 0 Å². The van der Waals surface area contributed by atoms with Crippen LogP contribution in [0.25, 0.3) is 0 Å². The molecule has 1 heterocycles. The van der Waals surface area contributed by atoms with E-state index in [0.717, 1.165) is 24.8 Å². The molecular weight excluding hydrogens is 362 g/mol. The molecule has 1 aromatic carbocycles. The highest BCUT2D eigenvalue weighted by Crippen LogP contribution is 2.57. The van der Waals surface area contributed by atoms with Gasteiger partial charge in [0.15, 0.2) is 0 Å². The number of aliphatic hydroxyl groups is 1. The molecular formula is C25H35NO3. The molecule has 0 bridgehead atoms. The second-order valence-electron chi connectivity index (χ2n) is 9.94. The summed E-state index contributed by atoms with van der Waals surface area (Å²) in [7, 11) is 2.00. The van der Waals surface area contributed by atoms with Crippen molar-refractivity contribution in [1.29, 1.82) is 0 Å². The number of likely N-dealkylation sites (N-methyl/N-ethyl adjacent to an activating group) is 1. The maximum Gasteiger partial charge on any atom is 0.310 e. The van der Waals surface area contributed by atoms with E-state index in [9.17, 15) is 9.90 Å². The first-order chi connectivity index (χ1) is 13.8. The molecule has 0 aromatic heterocycles. The average molecular weight is 398 g/mol. The quantitative estimate of drug-likeness (QED) is 0.593. The number of hydrogen-bond acceptors (Lipinski definition) is 4. The predicted octanol–water partition coefficient (Wildman–Crippen LogP) is 4.35. The molecule has 3 fully saturated rings. The van der Waals surface area contributed by atoms with Gasteiger partial charge in [0.05, 0.1) is 12.0 Å². The van der Waals surface area contributed by atoms with Crippen molar-refractivity contribution in [2.75, 3.05) is 13.6 Å². The van der Waals surface area contributed by atoms with Crippen molar-refractivity contribution in [2.45, 2.75) is 64.2 Å². The lowest BCUT2D eigenvalue weighted by atomic mass is 9.55. The zero-order valence-corrected chi connectivity index (χ0v) is 18.0. The molecule has 1 aliphatic heterocycles. The number of hydrogen-bond donors (Lipinski definition) is 1. The number of fused-ring (bicyclic) bond motifs is 2. The summed E-state index contributed by atoms with van der Waals surface area (Å²) in [6.45, 7) is 9.39. The summed E-state index contributed by atoms with van der Waals surface area (Å²) >= 11 is 0. The number of allylic oxidation sites excluding steroid dienone is 1. The van der Waals surface area contributed by atoms with Gasteiger partial charge in [0.25, 0.3) is 0 Å². The first kappa shape index (κ1) is 20.6. The fourth-order valence-electron chi connectivity index (χ4n) is 6.11. The highest BCUT2D eigenvalue weighted by atomic mass is 16.6. The van der Waals surface area contributed by atoms with Crippen LogP contribution in [0.1, 0.15) is 57.6 Å². The molecule has 4 heteroatoms. The number of carbonyl (C=O) groups excluding carboxylic acids is 1. The molecule has 4 nitrogen and oxygen atoms in total. The fourth-order valence-corrected chi connectivity index (χ4v) is 6.11. The van der Waals surface area contributed by atoms with E-state index in [2.05, 4.69) is 18.4 Å². The van der Waals surface area contributed by atoms with Crippen molar-refractivity contribution in [3.05, 3.63) is 48.0 Å². The highest BCUT2D eigenvalue weighted by Gasteiger charge is 2.55. The summed E-state index contributed by atoms with van der Waals surface area (Å²) in [6.07, 6.45) is 4.98. The molecule has 2 saturated carbocycles. The van der Waals surface area contributed by atoms with Crippen molar-refractivity contribution in [1.82, 2.24) is 4.90 Å². The van der Waals surface area contributed by atoms with Crippen LogP contribution in [0.2, 0.25) is 0 Å². The van der Waals surface area contributed by atoms with Gasteiger partial charge >= 0.3 is 5.97 Å². The van der Waals surface area contributed by atoms with E-state index in [1.54, 1.807) is 0 Å². The van der Waals surface area contributed by atoms with E-state index in [1.165, 1.54) is 18.4 Å². The molecule has 1 N–H and O–H groups in total. The predicted molar refractivity (Wildman–Crippen MR) is 114 cm³/mol. The summed E-state index contributed by atoms with van der Waals surface area (Å²) in [5.41, 5.74) is 2.51. The van der Waals surface area contributed by atoms with Gasteiger partial charge in [0.2, 0.25) is 0 Å². The van der Waals surface area contributed by atoms with Crippen LogP contribution in [0.4, 0.5) is 0 Å². The molecule has 2 aliphatic carbocycles. The Labute approximate surface area is 174 Å². The van der Waals surface area contributed by atoms with Crippen molar-refractivity contribution in [3.63, 3.8) is 0 Å². The molecule has 1 saturated heterocycles. The van der Waals surface area contributed by atoms with Crippen LogP contribution in [0.5, 0.6) is 0 Å². The standard InChI is InChI=1S/C25H35NO3/c1-16-9-8-12-25(3)14-22-19(13-21(16)25)20(24(28)29-22)15-26(4)17(2)23(27)18-10-6-5-7-11-18/h5-7,10-11,17,19-23,27H,1,8-9,12-15H2,2-4H3/t17-,19-,20-,21+,22-,23-,25-/m1/s1. The van der Waals surface area contributed by atoms with E-state index in [1.807, 2.05) is 44.3 Å². The van der Waals surface area contributed by atoms with E-state index in [-0.39, 0.29) is 35.4 Å². The van der Waals surface area contributed by atoms with Gasteiger partial charge in [0, 0.05) is 18.5 Å². The number of carbonyl (C=O) groups is 1. The van der Waals surface area contributed by atoms with Crippen LogP contribution < -0.4 is 0 Å². The number of esters is 1. The van der Waals surface area contributed by atoms with Gasteiger partial charge in [-0.3, -0.25) is 9.69 Å². The van der Waals surface area contributed by atoms with Gasteiger partial charge in [-0.15, -0.1) is 0 Å². The Morgan fingerprint density at radius 1 is 1.34 bits per heavy atom. The Hall–Kier alpha value is -1.65. The largest absolute Gasteiger partial charge is 0.462 e. The van der Waals surface area contributed by atoms with E-state index in [0.29, 0.717) is 12.5 Å². The third-order valence-corrected chi connectivity index (χ3v) is 8.10. The molecule has 7 atom stereocenters. The Kier molecular flexibility index (Phi) is 5.60. The monoisotopic (exact) mass is 397 g/mol. The smallest absolute Gasteiger partial charge is 0.310 e. The summed E-state index contributed by atoms with van der Waals surface area (Å²) in [4.78, 5) is 14.9. The lowest BCUT2D eigenvalue weighted by molar-refractivity contribution is -0.146. The highest BCUT2D eigenvalue weighted by molar-refractivity contribution is 5.75. The van der Waals surface area contributed by atoms with Crippen molar-refractivity contribution in [2.24, 2.45) is 23.2 Å². The molecule has 1 aromatic rings. The second kappa shape index (κ2) is 7.88. The Balaban J connectivity index is 1.46. The number of benzene rings is 1. The van der Waals surface area contributed by atoms with E-state index in [4.69, 9.17) is 4.74 Å². The summed E-state index contributed by atoms with van der Waals surface area (Å²) < 4.78 is 5.90. The number of aliphatic hydroxyl groups excluding tert-OH is 1. The van der Waals surface area contributed by atoms with Crippen molar-refractivity contribution in [3.8, 4) is 0 Å². The second-order valence-corrected chi connectivity index (χ2v) is 9.94. The van der Waals surface area contributed by atoms with Gasteiger partial charge in [-0.2, -0.15) is 0 Å². The fraction of sp³-hybridized carbons (Fsp3) is 0.640. The van der Waals surface area contributed by atoms with Gasteiger partial charge in [-0.1, -0.05) is 49.4 Å². The summed E-state index contributed by atoms with van der Waals surface area (Å²) in [6, 6.07) is 9.66. The minimum Gasteiger partial charge on any atom is -0.462 e. The molecule has 0 unspecified atom stereocenters. The Morgan fingerprint density at radius 2 is 2.07 bits per heavy atom. The van der Waals surface area contributed by atoms with Crippen LogP contribution >= 0.6 is 0 Å². The van der Waals surface area contributed by atoms with Crippen LogP contribution in [-0.2, 0) is 9.53 Å². The first-order valence-electron chi connectivity index (χ1n) is 11.1. The molecule has 158 valence electrons. The number of ether oxygens (including phenoxy) is 1. The Morgan fingerprint density at radius 3 is 2.79 bits per heavy atom. The van der Waals surface area contributed by atoms with Gasteiger partial charge in [0.1, 0.15) is 6.10 Å². The van der Waals surface area contributed by atoms with Crippen molar-refractivity contribution < 1.29 is 14.6 Å². The SMILES string of the molecule is C=C1CCC[C@]2(C)C[C@H]3OC(=O)[C@H](CN(C)[C@H](C)[C@@H](O)c4ccccc4)[C@H]3C[C@@H]12. The number of rotatable bonds is 5. The normalized spacial score (nSPS) is 36.3. The maximum absolute atomic E-state index is 12.8. The molecule has 0 radical (unpaired) electrons. The maximum atomic E-state index is 12.8. The van der Waals surface area contributed by atoms with E-state index >= 15 is 0 Å². The summed E-state index contributed by atoms with van der Waals surface area (Å²) in [5.74, 6) is 0.599. The average Bonchev–Trinajstić information content (AvgIpc) is 2.99. The topological polar surface area (TPSA) is 49.8 Å². The summed E-state index contributed by atoms with van der Waals surface area (Å²) in [5, 5.41) is 10.8. The molecule has 29 heavy (non-hydrogen) atoms. The third-order valence-electron chi connectivity index (χ3n) is 8.10. The minimum absolute atomic E-state index is 0.0439. The zero-order chi connectivity index (χ0) is 20.8.